The van der Waals surface area contributed by atoms with Crippen molar-refractivity contribution in [3.05, 3.63) is 33.8 Å². The van der Waals surface area contributed by atoms with Gasteiger partial charge in [0.25, 0.3) is 0 Å². The average molecular weight is 258 g/mol. The van der Waals surface area contributed by atoms with Crippen molar-refractivity contribution in [1.82, 2.24) is 5.32 Å². The summed E-state index contributed by atoms with van der Waals surface area (Å²) in [4.78, 5) is 0. The second-order valence-electron chi connectivity index (χ2n) is 4.66. The zero-order valence-electron chi connectivity index (χ0n) is 9.52. The van der Waals surface area contributed by atoms with Crippen LogP contribution in [0.4, 0.5) is 0 Å². The molecule has 0 unspecified atom stereocenters. The van der Waals surface area contributed by atoms with Crippen LogP contribution in [0.2, 0.25) is 10.0 Å². The van der Waals surface area contributed by atoms with E-state index in [9.17, 15) is 0 Å². The Kier molecular flexibility index (Phi) is 3.78. The number of nitrogens with one attached hydrogen (secondary N) is 1. The number of rotatable bonds is 3. The Balaban J connectivity index is 2.16. The van der Waals surface area contributed by atoms with Gasteiger partial charge >= 0.3 is 0 Å². The van der Waals surface area contributed by atoms with Gasteiger partial charge in [0.2, 0.25) is 0 Å². The quantitative estimate of drug-likeness (QED) is 0.861. The van der Waals surface area contributed by atoms with Crippen molar-refractivity contribution in [3.8, 4) is 0 Å². The number of hydrogen-bond donors (Lipinski definition) is 1. The van der Waals surface area contributed by atoms with Crippen LogP contribution in [0.25, 0.3) is 0 Å². The highest BCUT2D eigenvalue weighted by Gasteiger charge is 2.32. The first-order chi connectivity index (χ1) is 7.65. The predicted molar refractivity (Wildman–Crippen MR) is 70.4 cm³/mol. The fourth-order valence-corrected chi connectivity index (χ4v) is 2.93. The van der Waals surface area contributed by atoms with Crippen molar-refractivity contribution in [2.75, 3.05) is 7.05 Å². The van der Waals surface area contributed by atoms with Crippen LogP contribution in [0.3, 0.4) is 0 Å². The fourth-order valence-electron chi connectivity index (χ4n) is 2.61. The highest BCUT2D eigenvalue weighted by Crippen LogP contribution is 2.33. The van der Waals surface area contributed by atoms with E-state index in [1.807, 2.05) is 12.1 Å². The van der Waals surface area contributed by atoms with Gasteiger partial charge in [-0.3, -0.25) is 0 Å². The Labute approximate surface area is 107 Å². The molecule has 0 atom stereocenters. The minimum atomic E-state index is 0.275. The molecule has 0 bridgehead atoms. The summed E-state index contributed by atoms with van der Waals surface area (Å²) >= 11 is 12.0. The largest absolute Gasteiger partial charge is 0.314 e. The van der Waals surface area contributed by atoms with Crippen LogP contribution in [0.15, 0.2) is 18.2 Å². The van der Waals surface area contributed by atoms with Crippen molar-refractivity contribution in [1.29, 1.82) is 0 Å². The lowest BCUT2D eigenvalue weighted by molar-refractivity contribution is 0.357. The highest BCUT2D eigenvalue weighted by molar-refractivity contribution is 6.42. The molecule has 1 N–H and O–H groups in total. The van der Waals surface area contributed by atoms with Gasteiger partial charge in [-0.1, -0.05) is 42.1 Å². The molecule has 0 amide bonds. The van der Waals surface area contributed by atoms with E-state index in [0.717, 1.165) is 6.42 Å². The van der Waals surface area contributed by atoms with Crippen LogP contribution in [-0.4, -0.2) is 12.6 Å². The van der Waals surface area contributed by atoms with Crippen LogP contribution in [-0.2, 0) is 6.42 Å². The molecule has 0 saturated heterocycles. The molecule has 1 nitrogen and oxygen atoms in total. The van der Waals surface area contributed by atoms with Crippen molar-refractivity contribution >= 4 is 23.2 Å². The Hall–Kier alpha value is -0.240. The topological polar surface area (TPSA) is 12.0 Å². The molecule has 1 aliphatic carbocycles. The summed E-state index contributed by atoms with van der Waals surface area (Å²) in [5.41, 5.74) is 1.54. The van der Waals surface area contributed by atoms with Gasteiger partial charge in [-0.05, 0) is 44.0 Å². The van der Waals surface area contributed by atoms with E-state index < -0.39 is 0 Å². The summed E-state index contributed by atoms with van der Waals surface area (Å²) in [5.74, 6) is 0. The van der Waals surface area contributed by atoms with Crippen molar-refractivity contribution in [2.45, 2.75) is 37.6 Å². The van der Waals surface area contributed by atoms with Gasteiger partial charge < -0.3 is 5.32 Å². The Morgan fingerprint density at radius 1 is 1.19 bits per heavy atom. The molecular formula is C13H17Cl2N. The van der Waals surface area contributed by atoms with Gasteiger partial charge in [0, 0.05) is 5.54 Å². The van der Waals surface area contributed by atoms with Crippen molar-refractivity contribution in [2.24, 2.45) is 0 Å². The van der Waals surface area contributed by atoms with Crippen LogP contribution in [0, 0.1) is 0 Å². The summed E-state index contributed by atoms with van der Waals surface area (Å²) in [5, 5.41) is 4.77. The van der Waals surface area contributed by atoms with E-state index in [2.05, 4.69) is 18.4 Å². The number of benzene rings is 1. The lowest BCUT2D eigenvalue weighted by atomic mass is 9.89. The summed E-state index contributed by atoms with van der Waals surface area (Å²) in [7, 11) is 2.06. The monoisotopic (exact) mass is 257 g/mol. The molecule has 0 radical (unpaired) electrons. The van der Waals surface area contributed by atoms with Gasteiger partial charge in [-0.25, -0.2) is 0 Å². The van der Waals surface area contributed by atoms with Crippen LogP contribution >= 0.6 is 23.2 Å². The molecule has 3 heteroatoms. The minimum Gasteiger partial charge on any atom is -0.314 e. The molecule has 1 fully saturated rings. The van der Waals surface area contributed by atoms with E-state index in [0.29, 0.717) is 10.0 Å². The Morgan fingerprint density at radius 3 is 2.44 bits per heavy atom. The number of likely N-dealkylation sites (N-methyl/N-ethyl adjacent to an activating group) is 1. The lowest BCUT2D eigenvalue weighted by Gasteiger charge is -2.28. The van der Waals surface area contributed by atoms with E-state index in [4.69, 9.17) is 23.2 Å². The molecular weight excluding hydrogens is 241 g/mol. The van der Waals surface area contributed by atoms with Gasteiger partial charge in [-0.2, -0.15) is 0 Å². The first kappa shape index (κ1) is 12.2. The third-order valence-corrected chi connectivity index (χ3v) is 4.36. The molecule has 1 saturated carbocycles. The average Bonchev–Trinajstić information content (AvgIpc) is 2.73. The Morgan fingerprint density at radius 2 is 1.88 bits per heavy atom. The van der Waals surface area contributed by atoms with Crippen molar-refractivity contribution in [3.63, 3.8) is 0 Å². The van der Waals surface area contributed by atoms with E-state index in [1.54, 1.807) is 0 Å². The fraction of sp³-hybridized carbons (Fsp3) is 0.538. The van der Waals surface area contributed by atoms with Gasteiger partial charge in [-0.15, -0.1) is 0 Å². The summed E-state index contributed by atoms with van der Waals surface area (Å²) < 4.78 is 0. The zero-order chi connectivity index (χ0) is 11.6. The molecule has 0 heterocycles. The third-order valence-electron chi connectivity index (χ3n) is 3.62. The molecule has 16 heavy (non-hydrogen) atoms. The van der Waals surface area contributed by atoms with Crippen molar-refractivity contribution < 1.29 is 0 Å². The normalized spacial score (nSPS) is 18.9. The molecule has 1 aromatic rings. The summed E-state index contributed by atoms with van der Waals surface area (Å²) in [6.07, 6.45) is 6.19. The lowest BCUT2D eigenvalue weighted by Crippen LogP contribution is -2.42. The molecule has 0 aromatic heterocycles. The SMILES string of the molecule is CNC1(Cc2ccc(Cl)c(Cl)c2)CCCC1. The summed E-state index contributed by atoms with van der Waals surface area (Å²) in [6.45, 7) is 0. The van der Waals surface area contributed by atoms with E-state index >= 15 is 0 Å². The van der Waals surface area contributed by atoms with Gasteiger partial charge in [0.1, 0.15) is 0 Å². The smallest absolute Gasteiger partial charge is 0.0595 e. The molecule has 0 aliphatic heterocycles. The minimum absolute atomic E-state index is 0.275. The second kappa shape index (κ2) is 4.95. The summed E-state index contributed by atoms with van der Waals surface area (Å²) in [6, 6.07) is 5.95. The first-order valence-corrected chi connectivity index (χ1v) is 6.54. The molecule has 0 spiro atoms. The Bertz CT molecular complexity index is 370. The third kappa shape index (κ3) is 2.53. The van der Waals surface area contributed by atoms with E-state index in [1.165, 1.54) is 31.2 Å². The van der Waals surface area contributed by atoms with Crippen LogP contribution in [0.1, 0.15) is 31.2 Å². The van der Waals surface area contributed by atoms with Crippen LogP contribution in [0.5, 0.6) is 0 Å². The van der Waals surface area contributed by atoms with Gasteiger partial charge in [0.15, 0.2) is 0 Å². The highest BCUT2D eigenvalue weighted by atomic mass is 35.5. The number of halogens is 2. The zero-order valence-corrected chi connectivity index (χ0v) is 11.0. The second-order valence-corrected chi connectivity index (χ2v) is 5.48. The van der Waals surface area contributed by atoms with Gasteiger partial charge in [0.05, 0.1) is 10.0 Å². The maximum absolute atomic E-state index is 6.04. The standard InChI is InChI=1S/C13H17Cl2N/c1-16-13(6-2-3-7-13)9-10-4-5-11(14)12(15)8-10/h4-5,8,16H,2-3,6-7,9H2,1H3. The van der Waals surface area contributed by atoms with Crippen LogP contribution < -0.4 is 5.32 Å². The maximum atomic E-state index is 6.04. The maximum Gasteiger partial charge on any atom is 0.0595 e. The molecule has 1 aliphatic rings. The molecule has 88 valence electrons. The predicted octanol–water partition coefficient (Wildman–Crippen LogP) is 4.07. The van der Waals surface area contributed by atoms with E-state index in [-0.39, 0.29) is 5.54 Å². The number of hydrogen-bond acceptors (Lipinski definition) is 1. The molecule has 1 aromatic carbocycles. The molecule has 2 rings (SSSR count). The first-order valence-electron chi connectivity index (χ1n) is 5.78.